The summed E-state index contributed by atoms with van der Waals surface area (Å²) >= 11 is 5.93. The summed E-state index contributed by atoms with van der Waals surface area (Å²) in [6.45, 7) is 3.84. The standard InChI is InChI=1S/C14H18ClN3/c1-10-4-5-18(13(6-10)9-17)14-3-2-12(15)7-11(14)8-16/h2-3,7,10,13H,4-6,9,17H2,1H3. The van der Waals surface area contributed by atoms with Crippen molar-refractivity contribution in [2.75, 3.05) is 18.0 Å². The molecule has 0 amide bonds. The second-order valence-electron chi connectivity index (χ2n) is 4.99. The van der Waals surface area contributed by atoms with Crippen LogP contribution in [-0.4, -0.2) is 19.1 Å². The average Bonchev–Trinajstić information content (AvgIpc) is 2.38. The van der Waals surface area contributed by atoms with Crippen LogP contribution in [0.4, 0.5) is 5.69 Å². The molecule has 0 aromatic heterocycles. The highest BCUT2D eigenvalue weighted by Crippen LogP contribution is 2.31. The van der Waals surface area contributed by atoms with Gasteiger partial charge in [-0.3, -0.25) is 0 Å². The minimum absolute atomic E-state index is 0.321. The zero-order valence-electron chi connectivity index (χ0n) is 10.6. The minimum atomic E-state index is 0.321. The SMILES string of the molecule is CC1CCN(c2ccc(Cl)cc2C#N)C(CN)C1. The second kappa shape index (κ2) is 5.60. The molecule has 1 aromatic carbocycles. The Balaban J connectivity index is 2.33. The molecule has 4 heteroatoms. The number of nitrogens with zero attached hydrogens (tertiary/aromatic N) is 2. The van der Waals surface area contributed by atoms with Crippen molar-refractivity contribution < 1.29 is 0 Å². The molecule has 3 nitrogen and oxygen atoms in total. The van der Waals surface area contributed by atoms with Crippen molar-refractivity contribution in [1.82, 2.24) is 0 Å². The summed E-state index contributed by atoms with van der Waals surface area (Å²) in [5.41, 5.74) is 7.46. The number of halogens is 1. The summed E-state index contributed by atoms with van der Waals surface area (Å²) in [7, 11) is 0. The van der Waals surface area contributed by atoms with E-state index in [0.29, 0.717) is 29.1 Å². The summed E-state index contributed by atoms with van der Waals surface area (Å²) in [5, 5.41) is 9.82. The fourth-order valence-corrected chi connectivity index (χ4v) is 2.81. The largest absolute Gasteiger partial charge is 0.366 e. The third kappa shape index (κ3) is 2.60. The van der Waals surface area contributed by atoms with Gasteiger partial charge >= 0.3 is 0 Å². The molecule has 1 fully saturated rings. The van der Waals surface area contributed by atoms with Crippen LogP contribution in [-0.2, 0) is 0 Å². The molecule has 0 spiro atoms. The van der Waals surface area contributed by atoms with E-state index in [2.05, 4.69) is 17.9 Å². The molecule has 1 aromatic rings. The lowest BCUT2D eigenvalue weighted by Gasteiger charge is -2.40. The Morgan fingerprint density at radius 3 is 3.00 bits per heavy atom. The zero-order valence-corrected chi connectivity index (χ0v) is 11.3. The van der Waals surface area contributed by atoms with Gasteiger partial charge in [-0.15, -0.1) is 0 Å². The van der Waals surface area contributed by atoms with Crippen LogP contribution in [0.2, 0.25) is 5.02 Å². The van der Waals surface area contributed by atoms with Crippen molar-refractivity contribution in [3.05, 3.63) is 28.8 Å². The van der Waals surface area contributed by atoms with Gasteiger partial charge in [0.1, 0.15) is 6.07 Å². The van der Waals surface area contributed by atoms with Gasteiger partial charge in [0.15, 0.2) is 0 Å². The van der Waals surface area contributed by atoms with E-state index in [1.807, 2.05) is 12.1 Å². The number of nitriles is 1. The number of nitrogens with two attached hydrogens (primary N) is 1. The zero-order chi connectivity index (χ0) is 13.1. The van der Waals surface area contributed by atoms with Crippen LogP contribution >= 0.6 is 11.6 Å². The van der Waals surface area contributed by atoms with Gasteiger partial charge in [-0.25, -0.2) is 0 Å². The van der Waals surface area contributed by atoms with Crippen molar-refractivity contribution in [3.63, 3.8) is 0 Å². The van der Waals surface area contributed by atoms with Crippen LogP contribution in [0.25, 0.3) is 0 Å². The predicted molar refractivity (Wildman–Crippen MR) is 74.8 cm³/mol. The molecule has 2 rings (SSSR count). The fraction of sp³-hybridized carbons (Fsp3) is 0.500. The van der Waals surface area contributed by atoms with Crippen molar-refractivity contribution in [2.24, 2.45) is 11.7 Å². The molecular formula is C14H18ClN3. The number of benzene rings is 1. The maximum absolute atomic E-state index is 9.22. The Morgan fingerprint density at radius 2 is 2.33 bits per heavy atom. The van der Waals surface area contributed by atoms with E-state index in [9.17, 15) is 5.26 Å². The van der Waals surface area contributed by atoms with Gasteiger partial charge < -0.3 is 10.6 Å². The Bertz CT molecular complexity index is 467. The molecule has 18 heavy (non-hydrogen) atoms. The van der Waals surface area contributed by atoms with E-state index in [4.69, 9.17) is 17.3 Å². The normalized spacial score (nSPS) is 23.8. The first kappa shape index (κ1) is 13.2. The van der Waals surface area contributed by atoms with Gasteiger partial charge in [-0.2, -0.15) is 5.26 Å². The predicted octanol–water partition coefficient (Wildman–Crippen LogP) is 2.78. The molecule has 96 valence electrons. The van der Waals surface area contributed by atoms with Gasteiger partial charge in [-0.1, -0.05) is 18.5 Å². The summed E-state index contributed by atoms with van der Waals surface area (Å²) in [4.78, 5) is 2.26. The lowest BCUT2D eigenvalue weighted by Crippen LogP contribution is -2.46. The lowest BCUT2D eigenvalue weighted by molar-refractivity contribution is 0.366. The van der Waals surface area contributed by atoms with Crippen LogP contribution < -0.4 is 10.6 Å². The molecule has 0 saturated carbocycles. The molecule has 1 saturated heterocycles. The smallest absolute Gasteiger partial charge is 0.101 e. The third-order valence-corrected chi connectivity index (χ3v) is 3.87. The van der Waals surface area contributed by atoms with Crippen molar-refractivity contribution in [3.8, 4) is 6.07 Å². The minimum Gasteiger partial charge on any atom is -0.366 e. The van der Waals surface area contributed by atoms with Crippen molar-refractivity contribution in [1.29, 1.82) is 5.26 Å². The molecule has 2 unspecified atom stereocenters. The lowest BCUT2D eigenvalue weighted by atomic mass is 9.91. The Kier molecular flexibility index (Phi) is 4.11. The fourth-order valence-electron chi connectivity index (χ4n) is 2.64. The van der Waals surface area contributed by atoms with Crippen LogP contribution in [0.5, 0.6) is 0 Å². The van der Waals surface area contributed by atoms with Crippen LogP contribution in [0.1, 0.15) is 25.3 Å². The third-order valence-electron chi connectivity index (χ3n) is 3.64. The van der Waals surface area contributed by atoms with E-state index in [1.54, 1.807) is 6.07 Å². The number of hydrogen-bond acceptors (Lipinski definition) is 3. The second-order valence-corrected chi connectivity index (χ2v) is 5.42. The molecule has 1 aliphatic heterocycles. The molecule has 1 aliphatic rings. The summed E-state index contributed by atoms with van der Waals surface area (Å²) in [6.07, 6.45) is 2.23. The van der Waals surface area contributed by atoms with Crippen LogP contribution in [0.3, 0.4) is 0 Å². The highest BCUT2D eigenvalue weighted by molar-refractivity contribution is 6.30. The highest BCUT2D eigenvalue weighted by Gasteiger charge is 2.26. The van der Waals surface area contributed by atoms with Crippen LogP contribution in [0.15, 0.2) is 18.2 Å². The Labute approximate surface area is 113 Å². The monoisotopic (exact) mass is 263 g/mol. The van der Waals surface area contributed by atoms with E-state index in [-0.39, 0.29) is 0 Å². The van der Waals surface area contributed by atoms with E-state index >= 15 is 0 Å². The first-order valence-corrected chi connectivity index (χ1v) is 6.70. The van der Waals surface area contributed by atoms with Gasteiger partial charge in [0.25, 0.3) is 0 Å². The Hall–Kier alpha value is -1.24. The first-order valence-electron chi connectivity index (χ1n) is 6.32. The van der Waals surface area contributed by atoms with Gasteiger partial charge in [0, 0.05) is 24.2 Å². The van der Waals surface area contributed by atoms with E-state index in [1.165, 1.54) is 0 Å². The maximum Gasteiger partial charge on any atom is 0.101 e. The molecule has 2 atom stereocenters. The number of piperidine rings is 1. The first-order chi connectivity index (χ1) is 8.65. The van der Waals surface area contributed by atoms with Crippen LogP contribution in [0, 0.1) is 17.2 Å². The summed E-state index contributed by atoms with van der Waals surface area (Å²) in [5.74, 6) is 0.702. The summed E-state index contributed by atoms with van der Waals surface area (Å²) < 4.78 is 0. The van der Waals surface area contributed by atoms with E-state index < -0.39 is 0 Å². The molecule has 0 aliphatic carbocycles. The topological polar surface area (TPSA) is 53.0 Å². The van der Waals surface area contributed by atoms with Gasteiger partial charge in [-0.05, 0) is 37.0 Å². The molecule has 1 heterocycles. The maximum atomic E-state index is 9.22. The Morgan fingerprint density at radius 1 is 1.56 bits per heavy atom. The molecule has 2 N–H and O–H groups in total. The number of anilines is 1. The van der Waals surface area contributed by atoms with Crippen molar-refractivity contribution in [2.45, 2.75) is 25.8 Å². The summed E-state index contributed by atoms with van der Waals surface area (Å²) in [6, 6.07) is 8.04. The number of hydrogen-bond donors (Lipinski definition) is 1. The molecule has 0 bridgehead atoms. The van der Waals surface area contributed by atoms with Gasteiger partial charge in [0.05, 0.1) is 11.3 Å². The average molecular weight is 264 g/mol. The molecule has 0 radical (unpaired) electrons. The van der Waals surface area contributed by atoms with Gasteiger partial charge in [0.2, 0.25) is 0 Å². The molecular weight excluding hydrogens is 246 g/mol. The van der Waals surface area contributed by atoms with Crippen molar-refractivity contribution >= 4 is 17.3 Å². The number of rotatable bonds is 2. The highest BCUT2D eigenvalue weighted by atomic mass is 35.5. The quantitative estimate of drug-likeness (QED) is 0.893. The van der Waals surface area contributed by atoms with E-state index in [0.717, 1.165) is 25.1 Å².